The van der Waals surface area contributed by atoms with Crippen molar-refractivity contribution >= 4 is 11.8 Å². The monoisotopic (exact) mass is 322 g/mol. The van der Waals surface area contributed by atoms with Crippen LogP contribution in [0.25, 0.3) is 0 Å². The average molecular weight is 322 g/mol. The number of piperazine rings is 1. The summed E-state index contributed by atoms with van der Waals surface area (Å²) in [4.78, 5) is 28.3. The third kappa shape index (κ3) is 3.07. The Labute approximate surface area is 134 Å². The summed E-state index contributed by atoms with van der Waals surface area (Å²) in [7, 11) is 0. The van der Waals surface area contributed by atoms with E-state index in [4.69, 9.17) is 0 Å². The molecule has 124 valence electrons. The fourth-order valence-electron chi connectivity index (χ4n) is 3.48. The smallest absolute Gasteiger partial charge is 0.245 e. The first kappa shape index (κ1) is 15.9. The third-order valence-corrected chi connectivity index (χ3v) is 4.82. The maximum Gasteiger partial charge on any atom is 0.245 e. The van der Waals surface area contributed by atoms with Crippen molar-refractivity contribution in [1.29, 1.82) is 0 Å². The van der Waals surface area contributed by atoms with E-state index in [1.54, 1.807) is 11.8 Å². The Balaban J connectivity index is 1.63. The van der Waals surface area contributed by atoms with Crippen molar-refractivity contribution < 1.29 is 18.4 Å². The average Bonchev–Trinajstić information content (AvgIpc) is 3.00. The molecule has 0 radical (unpaired) electrons. The van der Waals surface area contributed by atoms with Crippen LogP contribution in [0.2, 0.25) is 0 Å². The van der Waals surface area contributed by atoms with Crippen molar-refractivity contribution in [3.8, 4) is 0 Å². The summed E-state index contributed by atoms with van der Waals surface area (Å²) < 4.78 is 26.1. The Morgan fingerprint density at radius 2 is 2.09 bits per heavy atom. The Bertz CT molecular complexity index is 635. The van der Waals surface area contributed by atoms with E-state index in [-0.39, 0.29) is 24.3 Å². The van der Waals surface area contributed by atoms with Crippen LogP contribution in [0.15, 0.2) is 18.2 Å². The molecule has 0 saturated carbocycles. The van der Waals surface area contributed by atoms with E-state index < -0.39 is 17.7 Å². The summed E-state index contributed by atoms with van der Waals surface area (Å²) in [6.07, 6.45) is 2.45. The highest BCUT2D eigenvalue weighted by Crippen LogP contribution is 2.26. The van der Waals surface area contributed by atoms with Gasteiger partial charge in [-0.25, -0.2) is 8.78 Å². The van der Waals surface area contributed by atoms with Gasteiger partial charge in [0.2, 0.25) is 11.8 Å². The molecule has 3 rings (SSSR count). The van der Waals surface area contributed by atoms with Crippen LogP contribution in [0, 0.1) is 11.6 Å². The normalized spacial score (nSPS) is 24.0. The molecule has 0 N–H and O–H groups in total. The van der Waals surface area contributed by atoms with Gasteiger partial charge in [0.1, 0.15) is 6.04 Å². The number of aryl methyl sites for hydroxylation is 1. The van der Waals surface area contributed by atoms with Gasteiger partial charge < -0.3 is 9.80 Å². The van der Waals surface area contributed by atoms with Crippen LogP contribution >= 0.6 is 0 Å². The second-order valence-electron chi connectivity index (χ2n) is 6.30. The SMILES string of the molecule is C[C@@H]1C(=O)N2CCC[C@H]2CN1C(=O)CCc1ccc(F)c(F)c1. The van der Waals surface area contributed by atoms with E-state index in [0.29, 0.717) is 18.5 Å². The van der Waals surface area contributed by atoms with Gasteiger partial charge >= 0.3 is 0 Å². The molecular weight excluding hydrogens is 302 g/mol. The van der Waals surface area contributed by atoms with E-state index in [1.807, 2.05) is 4.90 Å². The van der Waals surface area contributed by atoms with E-state index in [1.165, 1.54) is 6.07 Å². The number of fused-ring (bicyclic) bond motifs is 1. The number of rotatable bonds is 3. The zero-order chi connectivity index (χ0) is 16.6. The van der Waals surface area contributed by atoms with Crippen molar-refractivity contribution in [3.05, 3.63) is 35.4 Å². The van der Waals surface area contributed by atoms with E-state index >= 15 is 0 Å². The molecule has 0 aromatic heterocycles. The predicted molar refractivity (Wildman–Crippen MR) is 80.6 cm³/mol. The number of benzene rings is 1. The molecule has 0 unspecified atom stereocenters. The van der Waals surface area contributed by atoms with E-state index in [0.717, 1.165) is 31.5 Å². The topological polar surface area (TPSA) is 40.6 Å². The summed E-state index contributed by atoms with van der Waals surface area (Å²) in [6, 6.07) is 3.35. The Hall–Kier alpha value is -1.98. The first-order valence-corrected chi connectivity index (χ1v) is 8.01. The second kappa shape index (κ2) is 6.26. The number of nitrogens with zero attached hydrogens (tertiary/aromatic N) is 2. The van der Waals surface area contributed by atoms with E-state index in [2.05, 4.69) is 0 Å². The molecule has 6 heteroatoms. The molecule has 4 nitrogen and oxygen atoms in total. The van der Waals surface area contributed by atoms with Crippen molar-refractivity contribution in [3.63, 3.8) is 0 Å². The largest absolute Gasteiger partial charge is 0.336 e. The van der Waals surface area contributed by atoms with Gasteiger partial charge in [0.25, 0.3) is 0 Å². The fourth-order valence-corrected chi connectivity index (χ4v) is 3.48. The summed E-state index contributed by atoms with van der Waals surface area (Å²) in [5.74, 6) is -1.89. The molecule has 23 heavy (non-hydrogen) atoms. The second-order valence-corrected chi connectivity index (χ2v) is 6.30. The van der Waals surface area contributed by atoms with E-state index in [9.17, 15) is 18.4 Å². The summed E-state index contributed by atoms with van der Waals surface area (Å²) in [5.41, 5.74) is 0.579. The van der Waals surface area contributed by atoms with Crippen LogP contribution in [0.1, 0.15) is 31.7 Å². The number of carbonyl (C=O) groups excluding carboxylic acids is 2. The highest BCUT2D eigenvalue weighted by atomic mass is 19.2. The molecule has 2 saturated heterocycles. The zero-order valence-electron chi connectivity index (χ0n) is 13.1. The first-order valence-electron chi connectivity index (χ1n) is 8.01. The van der Waals surface area contributed by atoms with Crippen molar-refractivity contribution in [2.24, 2.45) is 0 Å². The lowest BCUT2D eigenvalue weighted by molar-refractivity contribution is -0.152. The summed E-state index contributed by atoms with van der Waals surface area (Å²) in [5, 5.41) is 0. The van der Waals surface area contributed by atoms with Gasteiger partial charge in [0, 0.05) is 25.6 Å². The molecule has 0 spiro atoms. The highest BCUT2D eigenvalue weighted by Gasteiger charge is 2.41. The van der Waals surface area contributed by atoms with Crippen LogP contribution in [0.5, 0.6) is 0 Å². The van der Waals surface area contributed by atoms with Gasteiger partial charge in [-0.3, -0.25) is 9.59 Å². The Morgan fingerprint density at radius 3 is 2.83 bits per heavy atom. The van der Waals surface area contributed by atoms with Crippen molar-refractivity contribution in [2.75, 3.05) is 13.1 Å². The number of carbonyl (C=O) groups is 2. The van der Waals surface area contributed by atoms with Crippen LogP contribution < -0.4 is 0 Å². The molecule has 1 aromatic rings. The molecule has 0 bridgehead atoms. The maximum absolute atomic E-state index is 13.2. The Morgan fingerprint density at radius 1 is 1.30 bits per heavy atom. The minimum atomic E-state index is -0.905. The highest BCUT2D eigenvalue weighted by molar-refractivity contribution is 5.89. The number of amides is 2. The standard InChI is InChI=1S/C17H20F2N2O2/c1-11-17(23)20-8-2-3-13(20)10-21(11)16(22)7-5-12-4-6-14(18)15(19)9-12/h4,6,9,11,13H,2-3,5,7-8,10H2,1H3/t11-,13+/m1/s1. The Kier molecular flexibility index (Phi) is 4.33. The third-order valence-electron chi connectivity index (χ3n) is 4.82. The quantitative estimate of drug-likeness (QED) is 0.855. The lowest BCUT2D eigenvalue weighted by Gasteiger charge is -2.41. The lowest BCUT2D eigenvalue weighted by Crippen LogP contribution is -2.60. The van der Waals surface area contributed by atoms with Crippen LogP contribution in [0.4, 0.5) is 8.78 Å². The van der Waals surface area contributed by atoms with Gasteiger partial charge in [-0.15, -0.1) is 0 Å². The van der Waals surface area contributed by atoms with Crippen LogP contribution in [-0.2, 0) is 16.0 Å². The molecule has 0 aliphatic carbocycles. The summed E-state index contributed by atoms with van der Waals surface area (Å²) in [6.45, 7) is 3.11. The molecule has 2 aliphatic rings. The molecule has 2 amide bonds. The molecule has 2 fully saturated rings. The van der Waals surface area contributed by atoms with Crippen molar-refractivity contribution in [1.82, 2.24) is 9.80 Å². The van der Waals surface area contributed by atoms with Gasteiger partial charge in [-0.2, -0.15) is 0 Å². The van der Waals surface area contributed by atoms with Crippen LogP contribution in [-0.4, -0.2) is 46.8 Å². The zero-order valence-corrected chi connectivity index (χ0v) is 13.1. The molecular formula is C17H20F2N2O2. The minimum absolute atomic E-state index is 0.0138. The van der Waals surface area contributed by atoms with Gasteiger partial charge in [-0.1, -0.05) is 6.07 Å². The molecule has 2 heterocycles. The number of hydrogen-bond donors (Lipinski definition) is 0. The number of hydrogen-bond acceptors (Lipinski definition) is 2. The number of halogens is 2. The maximum atomic E-state index is 13.2. The summed E-state index contributed by atoms with van der Waals surface area (Å²) >= 11 is 0. The van der Waals surface area contributed by atoms with Gasteiger partial charge in [0.05, 0.1) is 0 Å². The lowest BCUT2D eigenvalue weighted by atomic mass is 10.0. The predicted octanol–water partition coefficient (Wildman–Crippen LogP) is 2.12. The van der Waals surface area contributed by atoms with Crippen LogP contribution in [0.3, 0.4) is 0 Å². The molecule has 1 aromatic carbocycles. The fraction of sp³-hybridized carbons (Fsp3) is 0.529. The molecule has 2 atom stereocenters. The van der Waals surface area contributed by atoms with Gasteiger partial charge in [0.15, 0.2) is 11.6 Å². The van der Waals surface area contributed by atoms with Gasteiger partial charge in [-0.05, 0) is 43.9 Å². The minimum Gasteiger partial charge on any atom is -0.336 e. The first-order chi connectivity index (χ1) is 11.0. The van der Waals surface area contributed by atoms with Crippen molar-refractivity contribution in [2.45, 2.75) is 44.7 Å². The molecule has 2 aliphatic heterocycles.